The topological polar surface area (TPSA) is 62.2 Å². The van der Waals surface area contributed by atoms with E-state index in [0.717, 1.165) is 39.7 Å². The number of para-hydroxylation sites is 2. The molecular formula is C22H19N5OS. The molecule has 0 bridgehead atoms. The maximum atomic E-state index is 13.1. The number of carbonyl (C=O) groups excluding carboxylic acids is 1. The van der Waals surface area contributed by atoms with Gasteiger partial charge in [-0.15, -0.1) is 11.3 Å². The maximum absolute atomic E-state index is 13.1. The predicted molar refractivity (Wildman–Crippen MR) is 116 cm³/mol. The summed E-state index contributed by atoms with van der Waals surface area (Å²) in [6, 6.07) is 17.8. The number of thiazole rings is 1. The minimum atomic E-state index is -0.00570. The fraction of sp³-hybridized carbons (Fsp3) is 0.182. The quantitative estimate of drug-likeness (QED) is 0.523. The van der Waals surface area contributed by atoms with E-state index in [1.54, 1.807) is 16.2 Å². The average Bonchev–Trinajstić information content (AvgIpc) is 3.22. The third kappa shape index (κ3) is 3.34. The largest absolute Gasteiger partial charge is 0.355 e. The van der Waals surface area contributed by atoms with Gasteiger partial charge in [0.1, 0.15) is 5.01 Å². The highest BCUT2D eigenvalue weighted by molar-refractivity contribution is 7.13. The van der Waals surface area contributed by atoms with Crippen LogP contribution in [0.5, 0.6) is 0 Å². The lowest BCUT2D eigenvalue weighted by molar-refractivity contribution is -0.118. The van der Waals surface area contributed by atoms with E-state index in [9.17, 15) is 4.79 Å². The number of likely N-dealkylation sites (N-methyl/N-ethyl adjacent to an activating group) is 1. The second-order valence-electron chi connectivity index (χ2n) is 7.01. The van der Waals surface area contributed by atoms with Crippen LogP contribution in [0, 0.1) is 0 Å². The van der Waals surface area contributed by atoms with Crippen molar-refractivity contribution < 1.29 is 4.79 Å². The fourth-order valence-electron chi connectivity index (χ4n) is 3.48. The first-order valence-electron chi connectivity index (χ1n) is 9.47. The molecule has 0 spiro atoms. The summed E-state index contributed by atoms with van der Waals surface area (Å²) in [6.07, 6.45) is 0.251. The van der Waals surface area contributed by atoms with Crippen LogP contribution < -0.4 is 9.80 Å². The fourth-order valence-corrected chi connectivity index (χ4v) is 4.30. The highest BCUT2D eigenvalue weighted by atomic mass is 32.1. The van der Waals surface area contributed by atoms with Crippen molar-refractivity contribution in [2.24, 2.45) is 0 Å². The Labute approximate surface area is 172 Å². The second-order valence-corrected chi connectivity index (χ2v) is 7.87. The first kappa shape index (κ1) is 17.8. The third-order valence-corrected chi connectivity index (χ3v) is 5.96. The van der Waals surface area contributed by atoms with Gasteiger partial charge in [-0.25, -0.2) is 15.0 Å². The highest BCUT2D eigenvalue weighted by Gasteiger charge is 2.28. The SMILES string of the molecule is CN1CCN(C(=O)Cc2csc(-c3ccccc3)n2)c2nc3ccccc3nc21. The Kier molecular flexibility index (Phi) is 4.44. The molecule has 0 fully saturated rings. The van der Waals surface area contributed by atoms with Gasteiger partial charge in [0.25, 0.3) is 0 Å². The van der Waals surface area contributed by atoms with Crippen molar-refractivity contribution >= 4 is 39.9 Å². The Hall–Kier alpha value is -3.32. The normalized spacial score (nSPS) is 13.6. The van der Waals surface area contributed by atoms with Crippen molar-refractivity contribution in [3.63, 3.8) is 0 Å². The van der Waals surface area contributed by atoms with Gasteiger partial charge in [-0.05, 0) is 12.1 Å². The van der Waals surface area contributed by atoms with Crippen LogP contribution in [-0.4, -0.2) is 41.0 Å². The number of aromatic nitrogens is 3. The summed E-state index contributed by atoms with van der Waals surface area (Å²) < 4.78 is 0. The average molecular weight is 401 g/mol. The Morgan fingerprint density at radius 2 is 1.62 bits per heavy atom. The standard InChI is InChI=1S/C22H19N5OS/c1-26-11-12-27(21-20(26)24-17-9-5-6-10-18(17)25-21)19(28)13-16-14-29-22(23-16)15-7-3-2-4-8-15/h2-10,14H,11-13H2,1H3. The molecule has 3 heterocycles. The Morgan fingerprint density at radius 3 is 2.38 bits per heavy atom. The number of amides is 1. The van der Waals surface area contributed by atoms with Gasteiger partial charge in [0.15, 0.2) is 11.6 Å². The molecule has 0 unspecified atom stereocenters. The van der Waals surface area contributed by atoms with Crippen LogP contribution in [0.1, 0.15) is 5.69 Å². The summed E-state index contributed by atoms with van der Waals surface area (Å²) >= 11 is 1.56. The molecule has 0 saturated heterocycles. The molecular weight excluding hydrogens is 382 g/mol. The summed E-state index contributed by atoms with van der Waals surface area (Å²) in [5, 5.41) is 2.89. The molecule has 0 aliphatic carbocycles. The van der Waals surface area contributed by atoms with E-state index in [0.29, 0.717) is 12.4 Å². The van der Waals surface area contributed by atoms with Crippen molar-refractivity contribution in [1.82, 2.24) is 15.0 Å². The molecule has 4 aromatic rings. The number of benzene rings is 2. The molecule has 2 aromatic carbocycles. The van der Waals surface area contributed by atoms with Crippen molar-refractivity contribution in [2.45, 2.75) is 6.42 Å². The van der Waals surface area contributed by atoms with Crippen LogP contribution in [0.15, 0.2) is 60.0 Å². The smallest absolute Gasteiger partial charge is 0.234 e. The molecule has 144 valence electrons. The molecule has 2 aromatic heterocycles. The van der Waals surface area contributed by atoms with Gasteiger partial charge >= 0.3 is 0 Å². The van der Waals surface area contributed by atoms with Gasteiger partial charge in [0, 0.05) is 31.1 Å². The molecule has 1 aliphatic heterocycles. The number of nitrogens with zero attached hydrogens (tertiary/aromatic N) is 5. The lowest BCUT2D eigenvalue weighted by Gasteiger charge is -2.33. The van der Waals surface area contributed by atoms with Gasteiger partial charge < -0.3 is 4.90 Å². The van der Waals surface area contributed by atoms with Gasteiger partial charge in [0.05, 0.1) is 23.1 Å². The van der Waals surface area contributed by atoms with Crippen LogP contribution in [0.3, 0.4) is 0 Å². The zero-order valence-electron chi connectivity index (χ0n) is 15.9. The summed E-state index contributed by atoms with van der Waals surface area (Å²) in [5.74, 6) is 1.36. The maximum Gasteiger partial charge on any atom is 0.234 e. The zero-order valence-corrected chi connectivity index (χ0v) is 16.8. The molecule has 1 aliphatic rings. The van der Waals surface area contributed by atoms with E-state index in [1.165, 1.54) is 0 Å². The van der Waals surface area contributed by atoms with E-state index >= 15 is 0 Å². The molecule has 0 saturated carbocycles. The molecule has 29 heavy (non-hydrogen) atoms. The van der Waals surface area contributed by atoms with Gasteiger partial charge in [0.2, 0.25) is 5.91 Å². The van der Waals surface area contributed by atoms with E-state index in [1.807, 2.05) is 67.0 Å². The number of fused-ring (bicyclic) bond motifs is 2. The summed E-state index contributed by atoms with van der Waals surface area (Å²) in [6.45, 7) is 1.31. The van der Waals surface area contributed by atoms with Crippen molar-refractivity contribution in [2.75, 3.05) is 29.9 Å². The van der Waals surface area contributed by atoms with Crippen LogP contribution in [0.2, 0.25) is 0 Å². The first-order chi connectivity index (χ1) is 14.2. The van der Waals surface area contributed by atoms with E-state index in [-0.39, 0.29) is 12.3 Å². The summed E-state index contributed by atoms with van der Waals surface area (Å²) in [5.41, 5.74) is 3.48. The highest BCUT2D eigenvalue weighted by Crippen LogP contribution is 2.31. The monoisotopic (exact) mass is 401 g/mol. The van der Waals surface area contributed by atoms with E-state index < -0.39 is 0 Å². The van der Waals surface area contributed by atoms with Crippen LogP contribution >= 0.6 is 11.3 Å². The molecule has 0 atom stereocenters. The zero-order chi connectivity index (χ0) is 19.8. The molecule has 0 N–H and O–H groups in total. The molecule has 1 amide bonds. The Bertz CT molecular complexity index is 1190. The van der Waals surface area contributed by atoms with E-state index in [4.69, 9.17) is 9.97 Å². The van der Waals surface area contributed by atoms with Crippen molar-refractivity contribution in [1.29, 1.82) is 0 Å². The number of hydrogen-bond donors (Lipinski definition) is 0. The minimum absolute atomic E-state index is 0.00570. The Balaban J connectivity index is 1.43. The molecule has 6 nitrogen and oxygen atoms in total. The van der Waals surface area contributed by atoms with Gasteiger partial charge in [-0.2, -0.15) is 0 Å². The summed E-state index contributed by atoms with van der Waals surface area (Å²) in [7, 11) is 1.98. The third-order valence-electron chi connectivity index (χ3n) is 5.02. The number of hydrogen-bond acceptors (Lipinski definition) is 6. The van der Waals surface area contributed by atoms with E-state index in [2.05, 4.69) is 9.88 Å². The van der Waals surface area contributed by atoms with Crippen LogP contribution in [-0.2, 0) is 11.2 Å². The van der Waals surface area contributed by atoms with Gasteiger partial charge in [-0.3, -0.25) is 9.69 Å². The predicted octanol–water partition coefficient (Wildman–Crippen LogP) is 3.78. The van der Waals surface area contributed by atoms with Crippen molar-refractivity contribution in [3.8, 4) is 10.6 Å². The molecule has 5 rings (SSSR count). The minimum Gasteiger partial charge on any atom is -0.355 e. The Morgan fingerprint density at radius 1 is 0.931 bits per heavy atom. The molecule has 7 heteroatoms. The van der Waals surface area contributed by atoms with Crippen molar-refractivity contribution in [3.05, 3.63) is 65.7 Å². The number of carbonyl (C=O) groups is 1. The van der Waals surface area contributed by atoms with Crippen LogP contribution in [0.25, 0.3) is 21.6 Å². The first-order valence-corrected chi connectivity index (χ1v) is 10.3. The lowest BCUT2D eigenvalue weighted by Crippen LogP contribution is -2.44. The number of rotatable bonds is 3. The molecule has 0 radical (unpaired) electrons. The second kappa shape index (κ2) is 7.25. The summed E-state index contributed by atoms with van der Waals surface area (Å²) in [4.78, 5) is 31.1. The van der Waals surface area contributed by atoms with Gasteiger partial charge in [-0.1, -0.05) is 42.5 Å². The number of anilines is 2. The lowest BCUT2D eigenvalue weighted by atomic mass is 10.2. The van der Waals surface area contributed by atoms with Crippen LogP contribution in [0.4, 0.5) is 11.6 Å².